The topological polar surface area (TPSA) is 54.6 Å². The molecule has 1 N–H and O–H groups in total. The molecule has 0 fully saturated rings. The summed E-state index contributed by atoms with van der Waals surface area (Å²) < 4.78 is 10.7. The number of rotatable bonds is 8. The maximum atomic E-state index is 13.1. The SMILES string of the molecule is CCCCN(Cc1cccs1)C(=O)c1cc2cc(OC)c(OC)cc2[nH]1. The predicted octanol–water partition coefficient (Wildman–Crippen LogP) is 4.69. The Hall–Kier alpha value is -2.47. The summed E-state index contributed by atoms with van der Waals surface area (Å²) in [6.45, 7) is 3.52. The molecule has 0 radical (unpaired) electrons. The van der Waals surface area contributed by atoms with Crippen molar-refractivity contribution in [1.82, 2.24) is 9.88 Å². The summed E-state index contributed by atoms with van der Waals surface area (Å²) in [6.07, 6.45) is 2.04. The van der Waals surface area contributed by atoms with Crippen molar-refractivity contribution in [1.29, 1.82) is 0 Å². The number of thiophene rings is 1. The maximum Gasteiger partial charge on any atom is 0.270 e. The number of amides is 1. The third-order valence-electron chi connectivity index (χ3n) is 4.35. The van der Waals surface area contributed by atoms with Crippen molar-refractivity contribution in [2.45, 2.75) is 26.3 Å². The molecular formula is C20H24N2O3S. The lowest BCUT2D eigenvalue weighted by Gasteiger charge is -2.21. The van der Waals surface area contributed by atoms with Gasteiger partial charge in [0.2, 0.25) is 0 Å². The third kappa shape index (κ3) is 3.85. The fourth-order valence-corrected chi connectivity index (χ4v) is 3.66. The highest BCUT2D eigenvalue weighted by molar-refractivity contribution is 7.09. The first-order valence-corrected chi connectivity index (χ1v) is 9.60. The number of nitrogens with one attached hydrogen (secondary N) is 1. The highest BCUT2D eigenvalue weighted by atomic mass is 32.1. The molecule has 2 heterocycles. The number of nitrogens with zero attached hydrogens (tertiary/aromatic N) is 1. The first-order valence-electron chi connectivity index (χ1n) is 8.72. The Labute approximate surface area is 157 Å². The van der Waals surface area contributed by atoms with Crippen LogP contribution in [0.15, 0.2) is 35.7 Å². The second kappa shape index (κ2) is 8.27. The minimum Gasteiger partial charge on any atom is -0.493 e. The minimum atomic E-state index is 0.0148. The van der Waals surface area contributed by atoms with Crippen LogP contribution < -0.4 is 9.47 Å². The predicted molar refractivity (Wildman–Crippen MR) is 105 cm³/mol. The Balaban J connectivity index is 1.90. The second-order valence-corrected chi connectivity index (χ2v) is 7.17. The zero-order valence-electron chi connectivity index (χ0n) is 15.4. The van der Waals surface area contributed by atoms with Crippen LogP contribution in [0.4, 0.5) is 0 Å². The van der Waals surface area contributed by atoms with Crippen LogP contribution in [0.25, 0.3) is 10.9 Å². The number of carbonyl (C=O) groups is 1. The van der Waals surface area contributed by atoms with E-state index in [1.807, 2.05) is 34.5 Å². The molecule has 5 nitrogen and oxygen atoms in total. The van der Waals surface area contributed by atoms with Crippen LogP contribution in [0.1, 0.15) is 35.1 Å². The highest BCUT2D eigenvalue weighted by Gasteiger charge is 2.19. The van der Waals surface area contributed by atoms with Gasteiger partial charge in [-0.1, -0.05) is 19.4 Å². The number of methoxy groups -OCH3 is 2. The number of fused-ring (bicyclic) bond motifs is 1. The number of unbranched alkanes of at least 4 members (excludes halogenated alkanes) is 1. The average molecular weight is 372 g/mol. The number of aromatic nitrogens is 1. The fourth-order valence-electron chi connectivity index (χ4n) is 2.94. The van der Waals surface area contributed by atoms with Gasteiger partial charge >= 0.3 is 0 Å². The van der Waals surface area contributed by atoms with Crippen molar-refractivity contribution in [2.24, 2.45) is 0 Å². The zero-order chi connectivity index (χ0) is 18.5. The van der Waals surface area contributed by atoms with Crippen LogP contribution in [0.3, 0.4) is 0 Å². The number of benzene rings is 1. The van der Waals surface area contributed by atoms with Crippen molar-refractivity contribution in [3.05, 3.63) is 46.3 Å². The molecule has 3 aromatic rings. The number of hydrogen-bond acceptors (Lipinski definition) is 4. The molecule has 0 atom stereocenters. The molecule has 0 aliphatic heterocycles. The molecule has 6 heteroatoms. The molecule has 3 rings (SSSR count). The van der Waals surface area contributed by atoms with E-state index in [0.29, 0.717) is 23.7 Å². The van der Waals surface area contributed by atoms with Crippen molar-refractivity contribution < 1.29 is 14.3 Å². The smallest absolute Gasteiger partial charge is 0.270 e. The Morgan fingerprint density at radius 3 is 2.62 bits per heavy atom. The summed E-state index contributed by atoms with van der Waals surface area (Å²) in [5.74, 6) is 1.31. The van der Waals surface area contributed by atoms with Crippen LogP contribution in [0.2, 0.25) is 0 Å². The Bertz CT molecular complexity index is 830. The van der Waals surface area contributed by atoms with E-state index in [1.54, 1.807) is 25.6 Å². The van der Waals surface area contributed by atoms with Crippen molar-refractivity contribution >= 4 is 28.1 Å². The van der Waals surface area contributed by atoms with Gasteiger partial charge in [-0.2, -0.15) is 0 Å². The van der Waals surface area contributed by atoms with Crippen molar-refractivity contribution in [3.8, 4) is 11.5 Å². The molecule has 2 aromatic heterocycles. The molecule has 0 aliphatic carbocycles. The number of carbonyl (C=O) groups excluding carboxylic acids is 1. The van der Waals surface area contributed by atoms with Gasteiger partial charge < -0.3 is 19.4 Å². The number of hydrogen-bond donors (Lipinski definition) is 1. The van der Waals surface area contributed by atoms with Crippen LogP contribution >= 0.6 is 11.3 Å². The molecule has 0 bridgehead atoms. The van der Waals surface area contributed by atoms with E-state index in [4.69, 9.17) is 9.47 Å². The van der Waals surface area contributed by atoms with E-state index in [-0.39, 0.29) is 5.91 Å². The minimum absolute atomic E-state index is 0.0148. The summed E-state index contributed by atoms with van der Waals surface area (Å²) in [6, 6.07) is 9.71. The molecule has 0 unspecified atom stereocenters. The molecule has 0 spiro atoms. The van der Waals surface area contributed by atoms with Gasteiger partial charge in [0, 0.05) is 28.4 Å². The molecule has 26 heavy (non-hydrogen) atoms. The molecule has 1 aromatic carbocycles. The quantitative estimate of drug-likeness (QED) is 0.624. The van der Waals surface area contributed by atoms with E-state index in [1.165, 1.54) is 4.88 Å². The number of ether oxygens (including phenoxy) is 2. The molecule has 0 saturated heterocycles. The van der Waals surface area contributed by atoms with Gasteiger partial charge in [0.05, 0.1) is 20.8 Å². The summed E-state index contributed by atoms with van der Waals surface area (Å²) >= 11 is 1.68. The Morgan fingerprint density at radius 1 is 1.19 bits per heavy atom. The van der Waals surface area contributed by atoms with Gasteiger partial charge in [-0.25, -0.2) is 0 Å². The van der Waals surface area contributed by atoms with Gasteiger partial charge in [-0.3, -0.25) is 4.79 Å². The summed E-state index contributed by atoms with van der Waals surface area (Å²) in [4.78, 5) is 19.4. The summed E-state index contributed by atoms with van der Waals surface area (Å²) in [5.41, 5.74) is 1.44. The van der Waals surface area contributed by atoms with Crippen LogP contribution in [-0.4, -0.2) is 36.6 Å². The Morgan fingerprint density at radius 2 is 1.96 bits per heavy atom. The standard InChI is InChI=1S/C20H24N2O3S/c1-4-5-8-22(13-15-7-6-9-26-15)20(23)17-10-14-11-18(24-2)19(25-3)12-16(14)21-17/h6-7,9-12,21H,4-5,8,13H2,1-3H3. The van der Waals surface area contributed by atoms with E-state index in [2.05, 4.69) is 18.0 Å². The normalized spacial score (nSPS) is 10.9. The molecule has 0 saturated carbocycles. The number of H-pyrrole nitrogens is 1. The lowest BCUT2D eigenvalue weighted by molar-refractivity contribution is 0.0737. The number of aromatic amines is 1. The van der Waals surface area contributed by atoms with Gasteiger partial charge in [-0.15, -0.1) is 11.3 Å². The van der Waals surface area contributed by atoms with Crippen molar-refractivity contribution in [3.63, 3.8) is 0 Å². The van der Waals surface area contributed by atoms with E-state index < -0.39 is 0 Å². The Kier molecular flexibility index (Phi) is 5.83. The van der Waals surface area contributed by atoms with E-state index in [0.717, 1.165) is 30.3 Å². The molecule has 1 amide bonds. The largest absolute Gasteiger partial charge is 0.493 e. The van der Waals surface area contributed by atoms with Crippen LogP contribution in [0, 0.1) is 0 Å². The van der Waals surface area contributed by atoms with Crippen molar-refractivity contribution in [2.75, 3.05) is 20.8 Å². The van der Waals surface area contributed by atoms with Crippen LogP contribution in [-0.2, 0) is 6.54 Å². The van der Waals surface area contributed by atoms with Gasteiger partial charge in [0.15, 0.2) is 11.5 Å². The van der Waals surface area contributed by atoms with E-state index in [9.17, 15) is 4.79 Å². The van der Waals surface area contributed by atoms with Crippen LogP contribution in [0.5, 0.6) is 11.5 Å². The third-order valence-corrected chi connectivity index (χ3v) is 5.21. The molecular weight excluding hydrogens is 348 g/mol. The second-order valence-electron chi connectivity index (χ2n) is 6.14. The first kappa shape index (κ1) is 18.3. The van der Waals surface area contributed by atoms with Gasteiger partial charge in [-0.05, 0) is 30.0 Å². The molecule has 138 valence electrons. The summed E-state index contributed by atoms with van der Waals surface area (Å²) in [7, 11) is 3.21. The maximum absolute atomic E-state index is 13.1. The first-order chi connectivity index (χ1) is 12.7. The van der Waals surface area contributed by atoms with E-state index >= 15 is 0 Å². The van der Waals surface area contributed by atoms with Gasteiger partial charge in [0.1, 0.15) is 5.69 Å². The summed E-state index contributed by atoms with van der Waals surface area (Å²) in [5, 5.41) is 2.97. The lowest BCUT2D eigenvalue weighted by Crippen LogP contribution is -2.31. The van der Waals surface area contributed by atoms with Gasteiger partial charge in [0.25, 0.3) is 5.91 Å². The fraction of sp³-hybridized carbons (Fsp3) is 0.350. The monoisotopic (exact) mass is 372 g/mol. The highest BCUT2D eigenvalue weighted by Crippen LogP contribution is 2.32. The lowest BCUT2D eigenvalue weighted by atomic mass is 10.2. The average Bonchev–Trinajstić information content (AvgIpc) is 3.32. The zero-order valence-corrected chi connectivity index (χ0v) is 16.2. The molecule has 0 aliphatic rings.